The number of rotatable bonds is 8. The maximum Gasteiger partial charge on any atom is 0.166 e. The molecule has 2 N–H and O–H groups in total. The number of pyridine rings is 2. The molecule has 7 rings (SSSR count). The average molecular weight is 645 g/mol. The minimum atomic E-state index is -0.925. The number of hydrogen-bond donors (Lipinski definition) is 1. The average Bonchev–Trinajstić information content (AvgIpc) is 3.53. The Balaban J connectivity index is 1.25. The zero-order chi connectivity index (χ0) is 32.5. The molecule has 0 bridgehead atoms. The molecule has 0 saturated heterocycles. The normalized spacial score (nSPS) is 13.7. The lowest BCUT2D eigenvalue weighted by atomic mass is 9.75. The molecule has 8 heteroatoms. The lowest BCUT2D eigenvalue weighted by Gasteiger charge is -2.43. The molecule has 234 valence electrons. The maximum absolute atomic E-state index is 14.6. The van der Waals surface area contributed by atoms with Gasteiger partial charge in [0.1, 0.15) is 17.7 Å². The minimum absolute atomic E-state index is 0.0884. The highest BCUT2D eigenvalue weighted by Crippen LogP contribution is 2.46. The number of aromatic nitrogens is 2. The molecule has 4 aromatic carbocycles. The maximum atomic E-state index is 14.6. The van der Waals surface area contributed by atoms with Crippen molar-refractivity contribution in [2.24, 2.45) is 0 Å². The first-order valence-electron chi connectivity index (χ1n) is 15.3. The summed E-state index contributed by atoms with van der Waals surface area (Å²) in [5, 5.41) is -0.329. The van der Waals surface area contributed by atoms with Crippen molar-refractivity contribution in [2.75, 3.05) is 5.73 Å². The van der Waals surface area contributed by atoms with E-state index in [0.717, 1.165) is 34.5 Å². The molecule has 1 aliphatic rings. The first kappa shape index (κ1) is 30.5. The van der Waals surface area contributed by atoms with Crippen LogP contribution in [0.15, 0.2) is 128 Å². The molecular formula is C39H31ClF2N4O. The number of anilines is 1. The highest BCUT2D eigenvalue weighted by Gasteiger charge is 2.44. The topological polar surface area (TPSA) is 64.3 Å². The van der Waals surface area contributed by atoms with Crippen LogP contribution < -0.4 is 10.5 Å². The van der Waals surface area contributed by atoms with Crippen LogP contribution in [-0.2, 0) is 18.6 Å². The zero-order valence-electron chi connectivity index (χ0n) is 25.6. The Morgan fingerprint density at radius 2 is 1.28 bits per heavy atom. The van der Waals surface area contributed by atoms with E-state index in [9.17, 15) is 8.78 Å². The van der Waals surface area contributed by atoms with E-state index in [-0.39, 0.29) is 22.2 Å². The van der Waals surface area contributed by atoms with Crippen molar-refractivity contribution in [1.82, 2.24) is 14.9 Å². The molecule has 3 heterocycles. The van der Waals surface area contributed by atoms with Crippen LogP contribution in [-0.4, -0.2) is 14.9 Å². The summed E-state index contributed by atoms with van der Waals surface area (Å²) in [6, 6.07) is 37.6. The number of nitrogens with two attached hydrogens (primary N) is 1. The molecule has 0 spiro atoms. The van der Waals surface area contributed by atoms with Crippen molar-refractivity contribution < 1.29 is 13.5 Å². The first-order valence-corrected chi connectivity index (χ1v) is 15.7. The highest BCUT2D eigenvalue weighted by atomic mass is 35.5. The Kier molecular flexibility index (Phi) is 8.18. The van der Waals surface area contributed by atoms with Crippen molar-refractivity contribution in [3.63, 3.8) is 0 Å². The van der Waals surface area contributed by atoms with Gasteiger partial charge in [-0.25, -0.2) is 13.8 Å². The van der Waals surface area contributed by atoms with Crippen molar-refractivity contribution in [2.45, 2.75) is 31.7 Å². The van der Waals surface area contributed by atoms with E-state index in [0.29, 0.717) is 13.1 Å². The summed E-state index contributed by atoms with van der Waals surface area (Å²) >= 11 is 6.09. The molecule has 0 fully saturated rings. The second kappa shape index (κ2) is 12.6. The zero-order valence-corrected chi connectivity index (χ0v) is 26.3. The molecule has 6 aromatic rings. The fraction of sp³-hybridized carbons (Fsp3) is 0.128. The molecule has 2 aromatic heterocycles. The number of hydrogen-bond acceptors (Lipinski definition) is 5. The second-order valence-electron chi connectivity index (χ2n) is 11.6. The molecule has 0 aliphatic carbocycles. The molecule has 1 aliphatic heterocycles. The standard InChI is InChI=1S/C39H31ClF2N4O/c1-25(36-32(41)17-18-33(42)37(36)40)47-35-20-27(22-45-38(35)43)26-19-28-23-46(24-34(28)44-21-26)39(29-11-5-2-6-12-29,30-13-7-3-8-14-30)31-15-9-4-10-16-31/h2-22,25H,23-24H2,1H3,(H2,43,45). The van der Waals surface area contributed by atoms with Gasteiger partial charge in [0.2, 0.25) is 0 Å². The predicted molar refractivity (Wildman–Crippen MR) is 181 cm³/mol. The molecule has 47 heavy (non-hydrogen) atoms. The Morgan fingerprint density at radius 3 is 1.87 bits per heavy atom. The lowest BCUT2D eigenvalue weighted by Crippen LogP contribution is -2.45. The predicted octanol–water partition coefficient (Wildman–Crippen LogP) is 9.11. The summed E-state index contributed by atoms with van der Waals surface area (Å²) in [7, 11) is 0. The lowest BCUT2D eigenvalue weighted by molar-refractivity contribution is 0.156. The van der Waals surface area contributed by atoms with Crippen LogP contribution in [0.5, 0.6) is 5.75 Å². The largest absolute Gasteiger partial charge is 0.482 e. The molecule has 1 atom stereocenters. The summed E-state index contributed by atoms with van der Waals surface area (Å²) in [4.78, 5) is 11.7. The number of halogens is 3. The van der Waals surface area contributed by atoms with E-state index in [1.165, 1.54) is 16.7 Å². The van der Waals surface area contributed by atoms with Gasteiger partial charge in [0.25, 0.3) is 0 Å². The number of benzene rings is 4. The van der Waals surface area contributed by atoms with Crippen molar-refractivity contribution in [3.8, 4) is 16.9 Å². The number of ether oxygens (including phenoxy) is 1. The SMILES string of the molecule is CC(Oc1cc(-c2cnc3c(c2)CN(C(c2ccccc2)(c2ccccc2)c2ccccc2)C3)cnc1N)c1c(F)ccc(F)c1Cl. The van der Waals surface area contributed by atoms with Gasteiger partial charge in [0.15, 0.2) is 11.6 Å². The van der Waals surface area contributed by atoms with Crippen molar-refractivity contribution >= 4 is 17.4 Å². The fourth-order valence-corrected chi connectivity index (χ4v) is 6.92. The molecule has 5 nitrogen and oxygen atoms in total. The quantitative estimate of drug-likeness (QED) is 0.132. The molecular weight excluding hydrogens is 614 g/mol. The Labute approximate surface area is 277 Å². The van der Waals surface area contributed by atoms with Gasteiger partial charge in [-0.15, -0.1) is 0 Å². The van der Waals surface area contributed by atoms with E-state index in [1.54, 1.807) is 19.2 Å². The number of fused-ring (bicyclic) bond motifs is 1. The van der Waals surface area contributed by atoms with E-state index >= 15 is 0 Å². The smallest absolute Gasteiger partial charge is 0.166 e. The third-order valence-corrected chi connectivity index (χ3v) is 9.20. The Hall–Kier alpha value is -5.11. The van der Waals surface area contributed by atoms with Gasteiger partial charge in [-0.1, -0.05) is 103 Å². The van der Waals surface area contributed by atoms with Gasteiger partial charge in [0.05, 0.1) is 16.3 Å². The highest BCUT2D eigenvalue weighted by molar-refractivity contribution is 6.31. The van der Waals surface area contributed by atoms with Crippen LogP contribution in [0.4, 0.5) is 14.6 Å². The van der Waals surface area contributed by atoms with Crippen LogP contribution in [0.1, 0.15) is 46.5 Å². The van der Waals surface area contributed by atoms with Gasteiger partial charge in [0, 0.05) is 42.2 Å². The third-order valence-electron chi connectivity index (χ3n) is 8.82. The van der Waals surface area contributed by atoms with Gasteiger partial charge < -0.3 is 10.5 Å². The van der Waals surface area contributed by atoms with Crippen LogP contribution >= 0.6 is 11.6 Å². The summed E-state index contributed by atoms with van der Waals surface area (Å²) < 4.78 is 34.7. The van der Waals surface area contributed by atoms with Crippen LogP contribution in [0.25, 0.3) is 11.1 Å². The molecule has 0 amide bonds. The van der Waals surface area contributed by atoms with E-state index < -0.39 is 23.3 Å². The van der Waals surface area contributed by atoms with E-state index in [2.05, 4.69) is 88.7 Å². The van der Waals surface area contributed by atoms with Gasteiger partial charge in [-0.3, -0.25) is 9.88 Å². The first-order chi connectivity index (χ1) is 22.9. The van der Waals surface area contributed by atoms with Gasteiger partial charge in [-0.2, -0.15) is 0 Å². The monoisotopic (exact) mass is 644 g/mol. The van der Waals surface area contributed by atoms with E-state index in [4.69, 9.17) is 27.1 Å². The fourth-order valence-electron chi connectivity index (χ4n) is 6.61. The summed E-state index contributed by atoms with van der Waals surface area (Å²) in [6.07, 6.45) is 2.55. The molecule has 0 saturated carbocycles. The van der Waals surface area contributed by atoms with Crippen molar-refractivity contribution in [3.05, 3.63) is 178 Å². The Morgan fingerprint density at radius 1 is 0.745 bits per heavy atom. The second-order valence-corrected chi connectivity index (χ2v) is 12.0. The Bertz CT molecular complexity index is 1950. The summed E-state index contributed by atoms with van der Waals surface area (Å²) in [5.41, 5.74) is 12.6. The van der Waals surface area contributed by atoms with Crippen molar-refractivity contribution in [1.29, 1.82) is 0 Å². The van der Waals surface area contributed by atoms with Crippen LogP contribution in [0, 0.1) is 11.6 Å². The number of nitrogen functional groups attached to an aromatic ring is 1. The summed E-state index contributed by atoms with van der Waals surface area (Å²) in [6.45, 7) is 2.87. The van der Waals surface area contributed by atoms with Gasteiger partial charge in [-0.05, 0) is 53.4 Å². The number of nitrogens with zero attached hydrogens (tertiary/aromatic N) is 3. The summed E-state index contributed by atoms with van der Waals surface area (Å²) in [5.74, 6) is -1.05. The van der Waals surface area contributed by atoms with E-state index in [1.807, 2.05) is 24.4 Å². The minimum Gasteiger partial charge on any atom is -0.482 e. The van der Waals surface area contributed by atoms with Gasteiger partial charge >= 0.3 is 0 Å². The van der Waals surface area contributed by atoms with Crippen LogP contribution in [0.2, 0.25) is 5.02 Å². The molecule has 1 unspecified atom stereocenters. The third kappa shape index (κ3) is 5.52. The molecule has 0 radical (unpaired) electrons. The van der Waals surface area contributed by atoms with Crippen LogP contribution in [0.3, 0.4) is 0 Å².